The Bertz CT molecular complexity index is 918. The van der Waals surface area contributed by atoms with Gasteiger partial charge in [-0.3, -0.25) is 4.79 Å². The quantitative estimate of drug-likeness (QED) is 0.267. The molecule has 28 heavy (non-hydrogen) atoms. The number of carbonyl (C=O) groups excluding carboxylic acids is 1. The topological polar surface area (TPSA) is 29.1 Å². The lowest BCUT2D eigenvalue weighted by atomic mass is 9.95. The van der Waals surface area contributed by atoms with E-state index in [1.165, 1.54) is 9.13 Å². The van der Waals surface area contributed by atoms with Crippen molar-refractivity contribution in [3.05, 3.63) is 98.1 Å². The molecule has 0 radical (unpaired) electrons. The maximum Gasteiger partial charge on any atom is 0.165 e. The van der Waals surface area contributed by atoms with Crippen molar-refractivity contribution in [2.75, 3.05) is 5.32 Å². The van der Waals surface area contributed by atoms with Gasteiger partial charge in [0.25, 0.3) is 0 Å². The van der Waals surface area contributed by atoms with E-state index in [0.29, 0.717) is 22.9 Å². The summed E-state index contributed by atoms with van der Waals surface area (Å²) < 4.78 is 1.18. The van der Waals surface area contributed by atoms with Crippen molar-refractivity contribution in [3.8, 4) is 0 Å². The average Bonchev–Trinajstić information content (AvgIpc) is 2.69. The molecule has 1 N–H and O–H groups in total. The van der Waals surface area contributed by atoms with Gasteiger partial charge in [0, 0.05) is 26.3 Å². The number of halogens is 2. The van der Waals surface area contributed by atoms with Gasteiger partial charge in [0.05, 0.1) is 6.04 Å². The first kappa shape index (κ1) is 20.9. The molecular weight excluding hydrogens is 481 g/mol. The van der Waals surface area contributed by atoms with Crippen LogP contribution in [0.3, 0.4) is 0 Å². The Balaban J connectivity index is 1.85. The largest absolute Gasteiger partial charge is 0.378 e. The van der Waals surface area contributed by atoms with Crippen molar-refractivity contribution < 1.29 is 4.79 Å². The number of hydrogen-bond acceptors (Lipinski definition) is 2. The normalized spacial score (nSPS) is 12.0. The molecule has 0 saturated heterocycles. The number of hydrogen-bond donors (Lipinski definition) is 1. The summed E-state index contributed by atoms with van der Waals surface area (Å²) in [7, 11) is 0. The number of benzene rings is 3. The van der Waals surface area contributed by atoms with Crippen molar-refractivity contribution in [3.63, 3.8) is 0 Å². The van der Waals surface area contributed by atoms with Crippen LogP contribution in [0.15, 0.2) is 72.8 Å². The van der Waals surface area contributed by atoms with Crippen molar-refractivity contribution in [2.45, 2.75) is 32.2 Å². The maximum atomic E-state index is 12.9. The van der Waals surface area contributed by atoms with Crippen molar-refractivity contribution in [1.82, 2.24) is 0 Å². The lowest BCUT2D eigenvalue weighted by molar-refractivity contribution is 0.0976. The van der Waals surface area contributed by atoms with Gasteiger partial charge in [-0.25, -0.2) is 0 Å². The van der Waals surface area contributed by atoms with E-state index in [-0.39, 0.29) is 11.8 Å². The number of rotatable bonds is 7. The summed E-state index contributed by atoms with van der Waals surface area (Å²) >= 11 is 8.24. The highest BCUT2D eigenvalue weighted by Gasteiger charge is 2.18. The summed E-state index contributed by atoms with van der Waals surface area (Å²) in [6.07, 6.45) is 0.370. The molecule has 144 valence electrons. The van der Waals surface area contributed by atoms with Crippen LogP contribution >= 0.6 is 34.2 Å². The lowest BCUT2D eigenvalue weighted by Crippen LogP contribution is -2.16. The van der Waals surface area contributed by atoms with Crippen LogP contribution in [-0.2, 0) is 0 Å². The SMILES string of the molecule is CC(C)c1ccc(C(CC(=O)c2ccc(Cl)cc2)Nc2ccc(I)cc2)cc1. The zero-order valence-corrected chi connectivity index (χ0v) is 18.9. The molecule has 1 unspecified atom stereocenters. The third-order valence-corrected chi connectivity index (χ3v) is 5.72. The van der Waals surface area contributed by atoms with E-state index < -0.39 is 0 Å². The molecular formula is C24H23ClINO. The number of nitrogens with one attached hydrogen (secondary N) is 1. The molecule has 2 nitrogen and oxygen atoms in total. The molecule has 3 rings (SSSR count). The van der Waals surface area contributed by atoms with E-state index in [1.807, 2.05) is 12.1 Å². The molecule has 0 fully saturated rings. The van der Waals surface area contributed by atoms with E-state index in [2.05, 4.69) is 78.2 Å². The summed E-state index contributed by atoms with van der Waals surface area (Å²) in [6.45, 7) is 4.36. The number of ketones is 1. The lowest BCUT2D eigenvalue weighted by Gasteiger charge is -2.21. The third kappa shape index (κ3) is 5.58. The van der Waals surface area contributed by atoms with Gasteiger partial charge in [-0.1, -0.05) is 49.7 Å². The van der Waals surface area contributed by atoms with E-state index in [4.69, 9.17) is 11.6 Å². The van der Waals surface area contributed by atoms with E-state index in [0.717, 1.165) is 11.3 Å². The van der Waals surface area contributed by atoms with Gasteiger partial charge in [-0.2, -0.15) is 0 Å². The molecule has 0 bridgehead atoms. The average molecular weight is 504 g/mol. The van der Waals surface area contributed by atoms with Crippen molar-refractivity contribution >= 4 is 45.7 Å². The first-order valence-electron chi connectivity index (χ1n) is 9.33. The maximum absolute atomic E-state index is 12.9. The molecule has 4 heteroatoms. The highest BCUT2D eigenvalue weighted by atomic mass is 127. The number of anilines is 1. The van der Waals surface area contributed by atoms with E-state index in [9.17, 15) is 4.79 Å². The van der Waals surface area contributed by atoms with Crippen LogP contribution in [0.5, 0.6) is 0 Å². The van der Waals surface area contributed by atoms with Gasteiger partial charge >= 0.3 is 0 Å². The Hall–Kier alpha value is -1.85. The van der Waals surface area contributed by atoms with Gasteiger partial charge in [0.1, 0.15) is 0 Å². The smallest absolute Gasteiger partial charge is 0.165 e. The highest BCUT2D eigenvalue weighted by Crippen LogP contribution is 2.27. The second-order valence-corrected chi connectivity index (χ2v) is 8.84. The van der Waals surface area contributed by atoms with Crippen molar-refractivity contribution in [2.24, 2.45) is 0 Å². The van der Waals surface area contributed by atoms with Crippen LogP contribution in [0.1, 0.15) is 53.7 Å². The minimum Gasteiger partial charge on any atom is -0.378 e. The first-order valence-corrected chi connectivity index (χ1v) is 10.8. The van der Waals surface area contributed by atoms with E-state index in [1.54, 1.807) is 24.3 Å². The second-order valence-electron chi connectivity index (χ2n) is 7.16. The molecule has 0 saturated carbocycles. The predicted octanol–water partition coefficient (Wildman–Crippen LogP) is 7.49. The fourth-order valence-electron chi connectivity index (χ4n) is 3.05. The van der Waals surface area contributed by atoms with Gasteiger partial charge < -0.3 is 5.32 Å². The number of Topliss-reactive ketones (excluding diaryl/α,β-unsaturated/α-hetero) is 1. The summed E-state index contributed by atoms with van der Waals surface area (Å²) in [4.78, 5) is 12.9. The summed E-state index contributed by atoms with van der Waals surface area (Å²) in [6, 6.07) is 23.7. The number of carbonyl (C=O) groups is 1. The highest BCUT2D eigenvalue weighted by molar-refractivity contribution is 14.1. The molecule has 0 aliphatic rings. The fraction of sp³-hybridized carbons (Fsp3) is 0.208. The molecule has 0 heterocycles. The Kier molecular flexibility index (Phi) is 7.13. The minimum absolute atomic E-state index is 0.0904. The van der Waals surface area contributed by atoms with Crippen LogP contribution in [0.2, 0.25) is 5.02 Å². The Morgan fingerprint density at radius 3 is 2.04 bits per heavy atom. The predicted molar refractivity (Wildman–Crippen MR) is 126 cm³/mol. The first-order chi connectivity index (χ1) is 13.4. The molecule has 0 aliphatic heterocycles. The summed E-state index contributed by atoms with van der Waals surface area (Å²) in [5.41, 5.74) is 4.07. The zero-order chi connectivity index (χ0) is 20.1. The standard InChI is InChI=1S/C24H23ClINO/c1-16(2)17-3-5-18(6-4-17)23(27-22-13-11-21(26)12-14-22)15-24(28)19-7-9-20(25)10-8-19/h3-14,16,23,27H,15H2,1-2H3. The molecule has 0 spiro atoms. The fourth-order valence-corrected chi connectivity index (χ4v) is 3.54. The van der Waals surface area contributed by atoms with E-state index >= 15 is 0 Å². The van der Waals surface area contributed by atoms with Gasteiger partial charge in [-0.05, 0) is 88.2 Å². The molecule has 1 atom stereocenters. The van der Waals surface area contributed by atoms with Crippen molar-refractivity contribution in [1.29, 1.82) is 0 Å². The molecule has 0 aromatic heterocycles. The summed E-state index contributed by atoms with van der Waals surface area (Å²) in [5.74, 6) is 0.569. The van der Waals surface area contributed by atoms with Gasteiger partial charge in [0.2, 0.25) is 0 Å². The second kappa shape index (κ2) is 9.57. The summed E-state index contributed by atoms with van der Waals surface area (Å²) in [5, 5.41) is 4.17. The minimum atomic E-state index is -0.107. The molecule has 0 aliphatic carbocycles. The van der Waals surface area contributed by atoms with Crippen LogP contribution < -0.4 is 5.32 Å². The third-order valence-electron chi connectivity index (χ3n) is 4.75. The molecule has 3 aromatic rings. The van der Waals surface area contributed by atoms with Crippen LogP contribution in [0.25, 0.3) is 0 Å². The zero-order valence-electron chi connectivity index (χ0n) is 16.0. The molecule has 3 aromatic carbocycles. The van der Waals surface area contributed by atoms with Crippen LogP contribution in [-0.4, -0.2) is 5.78 Å². The Morgan fingerprint density at radius 2 is 1.46 bits per heavy atom. The van der Waals surface area contributed by atoms with Gasteiger partial charge in [-0.15, -0.1) is 0 Å². The monoisotopic (exact) mass is 503 g/mol. The van der Waals surface area contributed by atoms with Crippen LogP contribution in [0.4, 0.5) is 5.69 Å². The van der Waals surface area contributed by atoms with Gasteiger partial charge in [0.15, 0.2) is 5.78 Å². The Morgan fingerprint density at radius 1 is 0.893 bits per heavy atom. The van der Waals surface area contributed by atoms with Crippen LogP contribution in [0, 0.1) is 3.57 Å². The molecule has 0 amide bonds. The Labute approximate surface area is 185 Å².